The van der Waals surface area contributed by atoms with Crippen molar-refractivity contribution in [3.05, 3.63) is 41.9 Å². The molecule has 4 aromatic rings. The minimum atomic E-state index is -3.72. The Morgan fingerprint density at radius 1 is 1.24 bits per heavy atom. The van der Waals surface area contributed by atoms with Crippen LogP contribution < -0.4 is 9.46 Å². The summed E-state index contributed by atoms with van der Waals surface area (Å²) in [5.74, 6) is 1.21. The van der Waals surface area contributed by atoms with E-state index >= 15 is 0 Å². The Balaban J connectivity index is 1.63. The van der Waals surface area contributed by atoms with Gasteiger partial charge in [0, 0.05) is 17.0 Å². The summed E-state index contributed by atoms with van der Waals surface area (Å²) in [6.45, 7) is 0. The number of benzene rings is 1. The maximum absolute atomic E-state index is 12.6. The van der Waals surface area contributed by atoms with Crippen LogP contribution in [0.5, 0.6) is 5.75 Å². The van der Waals surface area contributed by atoms with Crippen molar-refractivity contribution in [2.45, 2.75) is 4.21 Å². The van der Waals surface area contributed by atoms with Crippen molar-refractivity contribution in [1.82, 2.24) is 10.1 Å². The third-order valence-corrected chi connectivity index (χ3v) is 7.22. The van der Waals surface area contributed by atoms with Gasteiger partial charge in [0.25, 0.3) is 10.0 Å². The summed E-state index contributed by atoms with van der Waals surface area (Å²) in [5.41, 5.74) is 1.37. The van der Waals surface area contributed by atoms with Gasteiger partial charge in [-0.15, -0.1) is 11.3 Å². The first-order valence-electron chi connectivity index (χ1n) is 7.02. The molecule has 7 nitrogen and oxygen atoms in total. The quantitative estimate of drug-likeness (QED) is 0.554. The predicted molar refractivity (Wildman–Crippen MR) is 96.8 cm³/mol. The van der Waals surface area contributed by atoms with Crippen LogP contribution in [0.2, 0.25) is 0 Å². The van der Waals surface area contributed by atoms with Gasteiger partial charge >= 0.3 is 0 Å². The lowest BCUT2D eigenvalue weighted by Gasteiger charge is -2.01. The number of rotatable bonds is 5. The molecule has 0 radical (unpaired) electrons. The number of aromatic nitrogens is 2. The largest absolute Gasteiger partial charge is 0.497 e. The fraction of sp³-hybridized carbons (Fsp3) is 0.0667. The molecule has 3 aromatic heterocycles. The number of methoxy groups -OCH3 is 1. The molecule has 3 heterocycles. The molecule has 1 aromatic carbocycles. The summed E-state index contributed by atoms with van der Waals surface area (Å²) < 4.78 is 38.9. The van der Waals surface area contributed by atoms with Crippen molar-refractivity contribution < 1.29 is 17.7 Å². The molecular weight excluding hydrogens is 382 g/mol. The molecule has 4 rings (SSSR count). The minimum Gasteiger partial charge on any atom is -0.497 e. The predicted octanol–water partition coefficient (Wildman–Crippen LogP) is 3.82. The fourth-order valence-electron chi connectivity index (χ4n) is 2.19. The van der Waals surface area contributed by atoms with E-state index in [0.717, 1.165) is 16.0 Å². The standard InChI is InChI=1S/C15H11N3O4S3/c1-21-10-2-3-11-13(7-10)24-15(17-11)18-25(19,20)14-6-9(8-23-14)12-4-5-16-22-12/h2-8H,1H3,(H,17,18). The number of ether oxygens (including phenoxy) is 1. The molecular formula is C15H11N3O4S3. The fourth-order valence-corrected chi connectivity index (χ4v) is 5.49. The van der Waals surface area contributed by atoms with E-state index in [1.165, 1.54) is 17.5 Å². The van der Waals surface area contributed by atoms with Gasteiger partial charge in [-0.25, -0.2) is 13.4 Å². The zero-order valence-corrected chi connectivity index (χ0v) is 15.2. The molecule has 0 aliphatic heterocycles. The van der Waals surface area contributed by atoms with Crippen LogP contribution >= 0.6 is 22.7 Å². The maximum Gasteiger partial charge on any atom is 0.273 e. The van der Waals surface area contributed by atoms with Crippen molar-refractivity contribution >= 4 is 48.0 Å². The Labute approximate surface area is 150 Å². The Kier molecular flexibility index (Phi) is 3.94. The van der Waals surface area contributed by atoms with Gasteiger partial charge in [0.05, 0.1) is 23.5 Å². The second-order valence-electron chi connectivity index (χ2n) is 4.99. The van der Waals surface area contributed by atoms with Gasteiger partial charge in [-0.1, -0.05) is 16.5 Å². The minimum absolute atomic E-state index is 0.177. The van der Waals surface area contributed by atoms with Gasteiger partial charge < -0.3 is 9.26 Å². The van der Waals surface area contributed by atoms with Crippen molar-refractivity contribution in [2.75, 3.05) is 11.8 Å². The van der Waals surface area contributed by atoms with Crippen LogP contribution in [0.4, 0.5) is 5.13 Å². The molecule has 0 saturated carbocycles. The van der Waals surface area contributed by atoms with E-state index in [1.807, 2.05) is 6.07 Å². The van der Waals surface area contributed by atoms with E-state index in [0.29, 0.717) is 27.7 Å². The summed E-state index contributed by atoms with van der Waals surface area (Å²) >= 11 is 2.35. The molecule has 0 amide bonds. The Morgan fingerprint density at radius 2 is 2.12 bits per heavy atom. The molecule has 0 unspecified atom stereocenters. The zero-order chi connectivity index (χ0) is 17.4. The number of anilines is 1. The summed E-state index contributed by atoms with van der Waals surface area (Å²) in [6, 6.07) is 8.60. The van der Waals surface area contributed by atoms with E-state index in [1.54, 1.807) is 36.8 Å². The summed E-state index contributed by atoms with van der Waals surface area (Å²) in [6.07, 6.45) is 1.51. The van der Waals surface area contributed by atoms with Crippen molar-refractivity contribution in [1.29, 1.82) is 0 Å². The van der Waals surface area contributed by atoms with Crippen LogP contribution in [-0.4, -0.2) is 25.7 Å². The van der Waals surface area contributed by atoms with Crippen molar-refractivity contribution in [2.24, 2.45) is 0 Å². The number of nitrogens with one attached hydrogen (secondary N) is 1. The lowest BCUT2D eigenvalue weighted by molar-refractivity contribution is 0.415. The average molecular weight is 393 g/mol. The lowest BCUT2D eigenvalue weighted by atomic mass is 10.3. The molecule has 0 spiro atoms. The topological polar surface area (TPSA) is 94.3 Å². The average Bonchev–Trinajstić information content (AvgIpc) is 3.32. The van der Waals surface area contributed by atoms with Crippen LogP contribution in [-0.2, 0) is 10.0 Å². The van der Waals surface area contributed by atoms with Crippen LogP contribution in [0.25, 0.3) is 21.5 Å². The maximum atomic E-state index is 12.6. The Bertz CT molecular complexity index is 1130. The molecule has 0 aliphatic carbocycles. The number of hydrogen-bond donors (Lipinski definition) is 1. The first-order valence-corrected chi connectivity index (χ1v) is 10.2. The molecule has 10 heteroatoms. The number of thiophene rings is 1. The third-order valence-electron chi connectivity index (χ3n) is 3.38. The van der Waals surface area contributed by atoms with Gasteiger partial charge in [0.1, 0.15) is 9.96 Å². The smallest absolute Gasteiger partial charge is 0.273 e. The van der Waals surface area contributed by atoms with Gasteiger partial charge in [-0.05, 0) is 24.3 Å². The van der Waals surface area contributed by atoms with Crippen LogP contribution in [0.1, 0.15) is 0 Å². The number of nitrogens with zero attached hydrogens (tertiary/aromatic N) is 2. The molecule has 1 N–H and O–H groups in total. The number of thiazole rings is 1. The normalized spacial score (nSPS) is 11.7. The van der Waals surface area contributed by atoms with E-state index in [-0.39, 0.29) is 4.21 Å². The summed E-state index contributed by atoms with van der Waals surface area (Å²) in [7, 11) is -2.15. The summed E-state index contributed by atoms with van der Waals surface area (Å²) in [5, 5.41) is 5.63. The molecule has 0 aliphatic rings. The van der Waals surface area contributed by atoms with Crippen LogP contribution in [0.3, 0.4) is 0 Å². The molecule has 25 heavy (non-hydrogen) atoms. The number of hydrogen-bond acceptors (Lipinski definition) is 8. The van der Waals surface area contributed by atoms with E-state index in [2.05, 4.69) is 14.9 Å². The van der Waals surface area contributed by atoms with Crippen LogP contribution in [0, 0.1) is 0 Å². The van der Waals surface area contributed by atoms with Gasteiger partial charge in [-0.2, -0.15) is 0 Å². The van der Waals surface area contributed by atoms with Crippen molar-refractivity contribution in [3.8, 4) is 17.1 Å². The first-order chi connectivity index (χ1) is 12.0. The number of sulfonamides is 1. The van der Waals surface area contributed by atoms with Gasteiger partial charge in [0.2, 0.25) is 0 Å². The number of fused-ring (bicyclic) bond motifs is 1. The van der Waals surface area contributed by atoms with Gasteiger partial charge in [0.15, 0.2) is 10.9 Å². The third kappa shape index (κ3) is 3.11. The highest BCUT2D eigenvalue weighted by molar-refractivity contribution is 7.94. The first kappa shape index (κ1) is 16.1. The lowest BCUT2D eigenvalue weighted by Crippen LogP contribution is -2.11. The molecule has 0 bridgehead atoms. The zero-order valence-electron chi connectivity index (χ0n) is 12.8. The van der Waals surface area contributed by atoms with E-state index in [4.69, 9.17) is 9.26 Å². The highest BCUT2D eigenvalue weighted by atomic mass is 32.2. The van der Waals surface area contributed by atoms with Crippen LogP contribution in [0.15, 0.2) is 50.6 Å². The van der Waals surface area contributed by atoms with Crippen molar-refractivity contribution in [3.63, 3.8) is 0 Å². The summed E-state index contributed by atoms with van der Waals surface area (Å²) in [4.78, 5) is 4.30. The highest BCUT2D eigenvalue weighted by Crippen LogP contribution is 2.33. The van der Waals surface area contributed by atoms with E-state index < -0.39 is 10.0 Å². The molecule has 0 saturated heterocycles. The monoisotopic (exact) mass is 393 g/mol. The second kappa shape index (κ2) is 6.14. The second-order valence-corrected chi connectivity index (χ2v) is 8.84. The highest BCUT2D eigenvalue weighted by Gasteiger charge is 2.20. The molecule has 0 fully saturated rings. The Hall–Kier alpha value is -2.43. The molecule has 0 atom stereocenters. The van der Waals surface area contributed by atoms with Gasteiger partial charge in [-0.3, -0.25) is 4.72 Å². The van der Waals surface area contributed by atoms with E-state index in [9.17, 15) is 8.42 Å². The molecule has 128 valence electrons. The Morgan fingerprint density at radius 3 is 2.88 bits per heavy atom. The SMILES string of the molecule is COc1ccc2nc(NS(=O)(=O)c3cc(-c4ccno4)cs3)sc2c1.